The van der Waals surface area contributed by atoms with Crippen LogP contribution in [0.15, 0.2) is 30.3 Å². The Morgan fingerprint density at radius 1 is 1.33 bits per heavy atom. The monoisotopic (exact) mass is 333 g/mol. The quantitative estimate of drug-likeness (QED) is 0.829. The lowest BCUT2D eigenvalue weighted by molar-refractivity contribution is 0.383. The van der Waals surface area contributed by atoms with Crippen LogP contribution >= 0.6 is 12.4 Å². The van der Waals surface area contributed by atoms with Crippen LogP contribution in [-0.4, -0.2) is 38.4 Å². The Labute approximate surface area is 133 Å². The van der Waals surface area contributed by atoms with Gasteiger partial charge in [0.15, 0.2) is 0 Å². The van der Waals surface area contributed by atoms with Crippen molar-refractivity contribution >= 4 is 22.6 Å². The zero-order valence-corrected chi connectivity index (χ0v) is 13.9. The largest absolute Gasteiger partial charge is 0.315 e. The number of rotatable bonds is 6. The molecule has 0 aliphatic carbocycles. The van der Waals surface area contributed by atoms with Gasteiger partial charge in [-0.05, 0) is 24.9 Å². The summed E-state index contributed by atoms with van der Waals surface area (Å²) in [5.74, 6) is 0. The van der Waals surface area contributed by atoms with E-state index in [-0.39, 0.29) is 18.4 Å². The number of nitrogens with one attached hydrogen (secondary N) is 2. The Balaban J connectivity index is 0.00000220. The van der Waals surface area contributed by atoms with Crippen molar-refractivity contribution in [1.29, 1.82) is 0 Å². The molecule has 1 aromatic carbocycles. The zero-order chi connectivity index (χ0) is 14.4. The summed E-state index contributed by atoms with van der Waals surface area (Å²) < 4.78 is 29.1. The fourth-order valence-electron chi connectivity index (χ4n) is 2.39. The van der Waals surface area contributed by atoms with Crippen LogP contribution in [0.5, 0.6) is 0 Å². The molecule has 0 aromatic heterocycles. The van der Waals surface area contributed by atoms with Crippen LogP contribution in [0, 0.1) is 0 Å². The molecule has 21 heavy (non-hydrogen) atoms. The van der Waals surface area contributed by atoms with Gasteiger partial charge in [0, 0.05) is 25.7 Å². The van der Waals surface area contributed by atoms with E-state index in [1.54, 1.807) is 0 Å². The molecular formula is C14H24ClN3O2S. The van der Waals surface area contributed by atoms with Crippen LogP contribution in [0.4, 0.5) is 0 Å². The SMILES string of the molecule is CCN(Cc1ccccc1)S(=O)(=O)NC1CCCNC1.Cl. The molecule has 0 saturated carbocycles. The molecule has 0 radical (unpaired) electrons. The molecule has 5 nitrogen and oxygen atoms in total. The van der Waals surface area contributed by atoms with Gasteiger partial charge in [-0.15, -0.1) is 12.4 Å². The van der Waals surface area contributed by atoms with Gasteiger partial charge in [0.05, 0.1) is 0 Å². The third-order valence-corrected chi connectivity index (χ3v) is 5.21. The Hall–Kier alpha value is -0.660. The number of benzene rings is 1. The van der Waals surface area contributed by atoms with E-state index in [9.17, 15) is 8.42 Å². The molecule has 1 aliphatic heterocycles. The summed E-state index contributed by atoms with van der Waals surface area (Å²) in [6, 6.07) is 9.67. The number of piperidine rings is 1. The summed E-state index contributed by atoms with van der Waals surface area (Å²) in [6.45, 7) is 4.42. The number of nitrogens with zero attached hydrogens (tertiary/aromatic N) is 1. The van der Waals surface area contributed by atoms with Gasteiger partial charge < -0.3 is 5.32 Å². The van der Waals surface area contributed by atoms with Crippen molar-refractivity contribution in [2.45, 2.75) is 32.4 Å². The minimum atomic E-state index is -3.43. The maximum absolute atomic E-state index is 12.4. The van der Waals surface area contributed by atoms with E-state index in [0.717, 1.165) is 24.9 Å². The van der Waals surface area contributed by atoms with Gasteiger partial charge in [-0.25, -0.2) is 0 Å². The van der Waals surface area contributed by atoms with Gasteiger partial charge in [0.2, 0.25) is 0 Å². The summed E-state index contributed by atoms with van der Waals surface area (Å²) in [5.41, 5.74) is 1.00. The predicted octanol–water partition coefficient (Wildman–Crippen LogP) is 1.52. The molecule has 1 aromatic rings. The summed E-state index contributed by atoms with van der Waals surface area (Å²) in [5, 5.41) is 3.22. The van der Waals surface area contributed by atoms with E-state index in [1.165, 1.54) is 4.31 Å². The molecular weight excluding hydrogens is 310 g/mol. The molecule has 1 atom stereocenters. The van der Waals surface area contributed by atoms with Crippen LogP contribution < -0.4 is 10.0 Å². The summed E-state index contributed by atoms with van der Waals surface area (Å²) in [6.07, 6.45) is 1.91. The minimum absolute atomic E-state index is 0. The molecule has 2 rings (SSSR count). The average Bonchev–Trinajstić information content (AvgIpc) is 2.46. The van der Waals surface area contributed by atoms with Gasteiger partial charge in [0.25, 0.3) is 10.2 Å². The fraction of sp³-hybridized carbons (Fsp3) is 0.571. The highest BCUT2D eigenvalue weighted by molar-refractivity contribution is 7.87. The Morgan fingerprint density at radius 3 is 2.62 bits per heavy atom. The molecule has 2 N–H and O–H groups in total. The standard InChI is InChI=1S/C14H23N3O2S.ClH/c1-2-17(12-13-7-4-3-5-8-13)20(18,19)16-14-9-6-10-15-11-14;/h3-5,7-8,14-16H,2,6,9-12H2,1H3;1H. The van der Waals surface area contributed by atoms with Crippen molar-refractivity contribution in [2.75, 3.05) is 19.6 Å². The second kappa shape index (κ2) is 8.70. The Morgan fingerprint density at radius 2 is 2.05 bits per heavy atom. The number of hydrogen-bond donors (Lipinski definition) is 2. The van der Waals surface area contributed by atoms with Crippen molar-refractivity contribution in [1.82, 2.24) is 14.3 Å². The second-order valence-electron chi connectivity index (χ2n) is 5.08. The van der Waals surface area contributed by atoms with Crippen molar-refractivity contribution in [2.24, 2.45) is 0 Å². The first-order valence-electron chi connectivity index (χ1n) is 7.14. The first-order chi connectivity index (χ1) is 9.62. The number of hydrogen-bond acceptors (Lipinski definition) is 3. The minimum Gasteiger partial charge on any atom is -0.315 e. The van der Waals surface area contributed by atoms with E-state index in [4.69, 9.17) is 0 Å². The van der Waals surface area contributed by atoms with Crippen molar-refractivity contribution in [3.05, 3.63) is 35.9 Å². The summed E-state index contributed by atoms with van der Waals surface area (Å²) >= 11 is 0. The van der Waals surface area contributed by atoms with Crippen LogP contribution in [0.3, 0.4) is 0 Å². The van der Waals surface area contributed by atoms with Gasteiger partial charge in [-0.2, -0.15) is 17.4 Å². The lowest BCUT2D eigenvalue weighted by Crippen LogP contribution is -2.50. The molecule has 0 bridgehead atoms. The average molecular weight is 334 g/mol. The Kier molecular flexibility index (Phi) is 7.62. The highest BCUT2D eigenvalue weighted by atomic mass is 35.5. The van der Waals surface area contributed by atoms with E-state index >= 15 is 0 Å². The maximum atomic E-state index is 12.4. The molecule has 0 spiro atoms. The van der Waals surface area contributed by atoms with Crippen LogP contribution in [0.1, 0.15) is 25.3 Å². The molecule has 120 valence electrons. The number of halogens is 1. The predicted molar refractivity (Wildman–Crippen MR) is 87.7 cm³/mol. The third-order valence-electron chi connectivity index (χ3n) is 3.51. The molecule has 1 aliphatic rings. The van der Waals surface area contributed by atoms with Gasteiger partial charge >= 0.3 is 0 Å². The highest BCUT2D eigenvalue weighted by Crippen LogP contribution is 2.10. The molecule has 7 heteroatoms. The maximum Gasteiger partial charge on any atom is 0.280 e. The van der Waals surface area contributed by atoms with E-state index in [2.05, 4.69) is 10.0 Å². The van der Waals surface area contributed by atoms with Crippen molar-refractivity contribution in [3.8, 4) is 0 Å². The van der Waals surface area contributed by atoms with E-state index in [0.29, 0.717) is 19.6 Å². The first kappa shape index (κ1) is 18.4. The molecule has 1 saturated heterocycles. The summed E-state index contributed by atoms with van der Waals surface area (Å²) in [4.78, 5) is 0. The van der Waals surface area contributed by atoms with Gasteiger partial charge in [-0.1, -0.05) is 37.3 Å². The topological polar surface area (TPSA) is 61.4 Å². The molecule has 1 heterocycles. The van der Waals surface area contributed by atoms with Crippen molar-refractivity contribution < 1.29 is 8.42 Å². The highest BCUT2D eigenvalue weighted by Gasteiger charge is 2.25. The first-order valence-corrected chi connectivity index (χ1v) is 8.58. The second-order valence-corrected chi connectivity index (χ2v) is 6.78. The summed E-state index contributed by atoms with van der Waals surface area (Å²) in [7, 11) is -3.43. The van der Waals surface area contributed by atoms with E-state index < -0.39 is 10.2 Å². The van der Waals surface area contributed by atoms with E-state index in [1.807, 2.05) is 37.3 Å². The van der Waals surface area contributed by atoms with Crippen LogP contribution in [0.2, 0.25) is 0 Å². The van der Waals surface area contributed by atoms with Crippen LogP contribution in [-0.2, 0) is 16.8 Å². The molecule has 1 unspecified atom stereocenters. The third kappa shape index (κ3) is 5.56. The van der Waals surface area contributed by atoms with Crippen molar-refractivity contribution in [3.63, 3.8) is 0 Å². The lowest BCUT2D eigenvalue weighted by atomic mass is 10.1. The zero-order valence-electron chi connectivity index (χ0n) is 12.3. The fourth-order valence-corrected chi connectivity index (χ4v) is 3.82. The molecule has 1 fully saturated rings. The Bertz CT molecular complexity index is 504. The smallest absolute Gasteiger partial charge is 0.280 e. The normalized spacial score (nSPS) is 19.2. The van der Waals surface area contributed by atoms with Gasteiger partial charge in [0.1, 0.15) is 0 Å². The van der Waals surface area contributed by atoms with Gasteiger partial charge in [-0.3, -0.25) is 0 Å². The lowest BCUT2D eigenvalue weighted by Gasteiger charge is -2.27. The molecule has 0 amide bonds. The van der Waals surface area contributed by atoms with Crippen LogP contribution in [0.25, 0.3) is 0 Å².